The minimum Gasteiger partial charge on any atom is -0.308 e. The SMILES string of the molecule is CCCN(C(=O)c1cccs1)c1cccc(C)c1. The Hall–Kier alpha value is -1.61. The molecule has 94 valence electrons. The normalized spacial score (nSPS) is 10.3. The third kappa shape index (κ3) is 2.79. The van der Waals surface area contributed by atoms with E-state index in [2.05, 4.69) is 13.0 Å². The van der Waals surface area contributed by atoms with Gasteiger partial charge >= 0.3 is 0 Å². The number of carbonyl (C=O) groups is 1. The minimum atomic E-state index is 0.0949. The molecule has 0 fully saturated rings. The highest BCUT2D eigenvalue weighted by molar-refractivity contribution is 7.12. The summed E-state index contributed by atoms with van der Waals surface area (Å²) in [6.07, 6.45) is 0.949. The molecule has 0 saturated heterocycles. The standard InChI is InChI=1S/C15H17NOS/c1-3-9-16(13-7-4-6-12(2)11-13)15(17)14-8-5-10-18-14/h4-8,10-11H,3,9H2,1-2H3. The quantitative estimate of drug-likeness (QED) is 0.809. The lowest BCUT2D eigenvalue weighted by molar-refractivity contribution is 0.0991. The van der Waals surface area contributed by atoms with Crippen LogP contribution in [0.4, 0.5) is 5.69 Å². The molecule has 0 radical (unpaired) electrons. The van der Waals surface area contributed by atoms with Gasteiger partial charge in [-0.15, -0.1) is 11.3 Å². The summed E-state index contributed by atoms with van der Waals surface area (Å²) in [5, 5.41) is 1.94. The van der Waals surface area contributed by atoms with Crippen LogP contribution in [0.15, 0.2) is 41.8 Å². The van der Waals surface area contributed by atoms with E-state index in [1.54, 1.807) is 0 Å². The van der Waals surface area contributed by atoms with Gasteiger partial charge < -0.3 is 4.90 Å². The molecule has 1 aromatic heterocycles. The van der Waals surface area contributed by atoms with Crippen molar-refractivity contribution in [2.75, 3.05) is 11.4 Å². The zero-order valence-corrected chi connectivity index (χ0v) is 11.5. The molecule has 0 spiro atoms. The van der Waals surface area contributed by atoms with Crippen LogP contribution in [0.5, 0.6) is 0 Å². The van der Waals surface area contributed by atoms with E-state index < -0.39 is 0 Å². The first kappa shape index (κ1) is 12.8. The average molecular weight is 259 g/mol. The Labute approximate surface area is 112 Å². The Morgan fingerprint density at radius 1 is 1.28 bits per heavy atom. The number of thiophene rings is 1. The second kappa shape index (κ2) is 5.83. The second-order valence-electron chi connectivity index (χ2n) is 4.27. The molecular formula is C15H17NOS. The number of amides is 1. The molecule has 2 rings (SSSR count). The number of aryl methyl sites for hydroxylation is 1. The minimum absolute atomic E-state index is 0.0949. The van der Waals surface area contributed by atoms with Crippen molar-refractivity contribution in [2.45, 2.75) is 20.3 Å². The number of rotatable bonds is 4. The molecule has 2 aromatic rings. The van der Waals surface area contributed by atoms with Gasteiger partial charge in [0.1, 0.15) is 0 Å². The largest absolute Gasteiger partial charge is 0.308 e. The topological polar surface area (TPSA) is 20.3 Å². The lowest BCUT2D eigenvalue weighted by Gasteiger charge is -2.22. The van der Waals surface area contributed by atoms with Gasteiger partial charge in [0.25, 0.3) is 5.91 Å². The molecule has 0 aliphatic carbocycles. The first-order chi connectivity index (χ1) is 8.72. The zero-order valence-electron chi connectivity index (χ0n) is 10.7. The highest BCUT2D eigenvalue weighted by Crippen LogP contribution is 2.21. The summed E-state index contributed by atoms with van der Waals surface area (Å²) >= 11 is 1.49. The number of hydrogen-bond acceptors (Lipinski definition) is 2. The molecule has 0 saturated carbocycles. The molecule has 1 amide bonds. The summed E-state index contributed by atoms with van der Waals surface area (Å²) in [5.74, 6) is 0.0949. The molecule has 1 aromatic carbocycles. The number of anilines is 1. The van der Waals surface area contributed by atoms with Crippen LogP contribution in [-0.4, -0.2) is 12.5 Å². The maximum absolute atomic E-state index is 12.4. The molecule has 0 aliphatic rings. The molecule has 2 nitrogen and oxygen atoms in total. The summed E-state index contributed by atoms with van der Waals surface area (Å²) in [7, 11) is 0. The summed E-state index contributed by atoms with van der Waals surface area (Å²) in [4.78, 5) is 15.1. The Kier molecular flexibility index (Phi) is 4.15. The fourth-order valence-corrected chi connectivity index (χ4v) is 2.57. The molecule has 1 heterocycles. The molecule has 0 bridgehead atoms. The number of carbonyl (C=O) groups excluding carboxylic acids is 1. The van der Waals surface area contributed by atoms with Gasteiger partial charge in [0.05, 0.1) is 4.88 Å². The molecular weight excluding hydrogens is 242 g/mol. The van der Waals surface area contributed by atoms with Crippen LogP contribution in [0, 0.1) is 6.92 Å². The molecule has 3 heteroatoms. The maximum atomic E-state index is 12.4. The van der Waals surface area contributed by atoms with E-state index in [1.165, 1.54) is 16.9 Å². The number of nitrogens with zero attached hydrogens (tertiary/aromatic N) is 1. The van der Waals surface area contributed by atoms with Gasteiger partial charge in [-0.05, 0) is 42.5 Å². The Balaban J connectivity index is 2.31. The van der Waals surface area contributed by atoms with Crippen molar-refractivity contribution in [3.63, 3.8) is 0 Å². The Bertz CT molecular complexity index is 519. The predicted octanol–water partition coefficient (Wildman–Crippen LogP) is 4.11. The van der Waals surface area contributed by atoms with E-state index in [-0.39, 0.29) is 5.91 Å². The van der Waals surface area contributed by atoms with Gasteiger partial charge in [0.15, 0.2) is 0 Å². The Morgan fingerprint density at radius 2 is 2.11 bits per heavy atom. The highest BCUT2D eigenvalue weighted by atomic mass is 32.1. The second-order valence-corrected chi connectivity index (χ2v) is 5.22. The molecule has 0 N–H and O–H groups in total. The van der Waals surface area contributed by atoms with Gasteiger partial charge in [-0.25, -0.2) is 0 Å². The van der Waals surface area contributed by atoms with Gasteiger partial charge in [0, 0.05) is 12.2 Å². The number of hydrogen-bond donors (Lipinski definition) is 0. The lowest BCUT2D eigenvalue weighted by atomic mass is 10.2. The van der Waals surface area contributed by atoms with Crippen LogP contribution >= 0.6 is 11.3 Å². The molecule has 0 atom stereocenters. The lowest BCUT2D eigenvalue weighted by Crippen LogP contribution is -2.31. The van der Waals surface area contributed by atoms with Gasteiger partial charge in [-0.1, -0.05) is 25.1 Å². The summed E-state index contributed by atoms with van der Waals surface area (Å²) in [5.41, 5.74) is 2.16. The fourth-order valence-electron chi connectivity index (χ4n) is 1.90. The van der Waals surface area contributed by atoms with Crippen LogP contribution in [-0.2, 0) is 0 Å². The van der Waals surface area contributed by atoms with Crippen molar-refractivity contribution in [3.05, 3.63) is 52.2 Å². The predicted molar refractivity (Wildman–Crippen MR) is 77.5 cm³/mol. The van der Waals surface area contributed by atoms with Crippen molar-refractivity contribution < 1.29 is 4.79 Å². The zero-order chi connectivity index (χ0) is 13.0. The van der Waals surface area contributed by atoms with Crippen LogP contribution < -0.4 is 4.90 Å². The van der Waals surface area contributed by atoms with E-state index in [4.69, 9.17) is 0 Å². The van der Waals surface area contributed by atoms with Crippen LogP contribution in [0.2, 0.25) is 0 Å². The van der Waals surface area contributed by atoms with Crippen LogP contribution in [0.3, 0.4) is 0 Å². The van der Waals surface area contributed by atoms with Crippen LogP contribution in [0.25, 0.3) is 0 Å². The van der Waals surface area contributed by atoms with Crippen molar-refractivity contribution in [1.29, 1.82) is 0 Å². The van der Waals surface area contributed by atoms with Crippen molar-refractivity contribution in [3.8, 4) is 0 Å². The number of benzene rings is 1. The average Bonchev–Trinajstić information content (AvgIpc) is 2.89. The van der Waals surface area contributed by atoms with E-state index in [0.717, 1.165) is 23.5 Å². The van der Waals surface area contributed by atoms with Crippen molar-refractivity contribution in [1.82, 2.24) is 0 Å². The molecule has 18 heavy (non-hydrogen) atoms. The van der Waals surface area contributed by atoms with E-state index >= 15 is 0 Å². The molecule has 0 aliphatic heterocycles. The monoisotopic (exact) mass is 259 g/mol. The third-order valence-electron chi connectivity index (χ3n) is 2.74. The van der Waals surface area contributed by atoms with E-state index in [1.807, 2.05) is 47.5 Å². The van der Waals surface area contributed by atoms with Crippen molar-refractivity contribution in [2.24, 2.45) is 0 Å². The first-order valence-corrected chi connectivity index (χ1v) is 7.02. The van der Waals surface area contributed by atoms with Crippen LogP contribution in [0.1, 0.15) is 28.6 Å². The third-order valence-corrected chi connectivity index (χ3v) is 3.60. The fraction of sp³-hybridized carbons (Fsp3) is 0.267. The first-order valence-electron chi connectivity index (χ1n) is 6.14. The van der Waals surface area contributed by atoms with Crippen molar-refractivity contribution >= 4 is 22.9 Å². The van der Waals surface area contributed by atoms with Gasteiger partial charge in [-0.3, -0.25) is 4.79 Å². The van der Waals surface area contributed by atoms with E-state index in [9.17, 15) is 4.79 Å². The highest BCUT2D eigenvalue weighted by Gasteiger charge is 2.17. The van der Waals surface area contributed by atoms with Gasteiger partial charge in [0.2, 0.25) is 0 Å². The Morgan fingerprint density at radius 3 is 2.72 bits per heavy atom. The summed E-state index contributed by atoms with van der Waals surface area (Å²) in [6.45, 7) is 4.88. The van der Waals surface area contributed by atoms with Gasteiger partial charge in [-0.2, -0.15) is 0 Å². The molecule has 0 unspecified atom stereocenters. The van der Waals surface area contributed by atoms with E-state index in [0.29, 0.717) is 0 Å². The summed E-state index contributed by atoms with van der Waals surface area (Å²) in [6, 6.07) is 11.9. The maximum Gasteiger partial charge on any atom is 0.268 e. The smallest absolute Gasteiger partial charge is 0.268 e. The summed E-state index contributed by atoms with van der Waals surface area (Å²) < 4.78 is 0.